The molecule has 6 nitrogen and oxygen atoms in total. The van der Waals surface area contributed by atoms with Gasteiger partial charge in [0.25, 0.3) is 10.0 Å². The zero-order chi connectivity index (χ0) is 18.7. The van der Waals surface area contributed by atoms with Crippen LogP contribution in [0.25, 0.3) is 0 Å². The number of sulfonamides is 2. The van der Waals surface area contributed by atoms with Gasteiger partial charge in [0.15, 0.2) is 0 Å². The molecule has 2 rings (SSSR count). The maximum Gasteiger partial charge on any atom is 0.261 e. The van der Waals surface area contributed by atoms with Crippen molar-refractivity contribution in [3.63, 3.8) is 0 Å². The fourth-order valence-corrected chi connectivity index (χ4v) is 4.60. The van der Waals surface area contributed by atoms with Gasteiger partial charge in [-0.15, -0.1) is 0 Å². The average molecular weight is 447 g/mol. The number of nitrogens with one attached hydrogen (secondary N) is 2. The minimum atomic E-state index is -3.74. The first-order valence-electron chi connectivity index (χ1n) is 7.55. The van der Waals surface area contributed by atoms with Crippen molar-refractivity contribution in [1.29, 1.82) is 0 Å². The van der Waals surface area contributed by atoms with Gasteiger partial charge in [-0.2, -0.15) is 0 Å². The van der Waals surface area contributed by atoms with Crippen molar-refractivity contribution in [2.24, 2.45) is 0 Å². The van der Waals surface area contributed by atoms with Gasteiger partial charge in [0.2, 0.25) is 10.0 Å². The van der Waals surface area contributed by atoms with Crippen LogP contribution in [0.1, 0.15) is 20.3 Å². The highest BCUT2D eigenvalue weighted by atomic mass is 79.9. The van der Waals surface area contributed by atoms with E-state index in [1.807, 2.05) is 6.92 Å². The molecule has 0 aliphatic rings. The van der Waals surface area contributed by atoms with Crippen molar-refractivity contribution in [1.82, 2.24) is 4.72 Å². The zero-order valence-corrected chi connectivity index (χ0v) is 16.9. The molecule has 0 aliphatic heterocycles. The second kappa shape index (κ2) is 7.86. The molecule has 136 valence electrons. The predicted octanol–water partition coefficient (Wildman–Crippen LogP) is 3.33. The number of rotatable bonds is 7. The lowest BCUT2D eigenvalue weighted by Crippen LogP contribution is -2.31. The second-order valence-corrected chi connectivity index (χ2v) is 9.83. The Balaban J connectivity index is 2.19. The van der Waals surface area contributed by atoms with Gasteiger partial charge in [-0.1, -0.05) is 22.9 Å². The molecule has 25 heavy (non-hydrogen) atoms. The van der Waals surface area contributed by atoms with E-state index in [9.17, 15) is 16.8 Å². The Kier molecular flexibility index (Phi) is 6.26. The van der Waals surface area contributed by atoms with E-state index >= 15 is 0 Å². The Morgan fingerprint density at radius 3 is 1.88 bits per heavy atom. The monoisotopic (exact) mass is 446 g/mol. The van der Waals surface area contributed by atoms with Crippen LogP contribution in [0, 0.1) is 0 Å². The minimum absolute atomic E-state index is 0.0828. The molecular weight excluding hydrogens is 428 g/mol. The minimum Gasteiger partial charge on any atom is -0.280 e. The molecule has 2 aromatic carbocycles. The summed E-state index contributed by atoms with van der Waals surface area (Å²) < 4.78 is 54.8. The van der Waals surface area contributed by atoms with Gasteiger partial charge in [0.05, 0.1) is 9.79 Å². The third kappa shape index (κ3) is 5.27. The largest absolute Gasteiger partial charge is 0.280 e. The number of benzene rings is 2. The average Bonchev–Trinajstić information content (AvgIpc) is 2.55. The maximum absolute atomic E-state index is 12.3. The summed E-state index contributed by atoms with van der Waals surface area (Å²) in [6.45, 7) is 3.66. The summed E-state index contributed by atoms with van der Waals surface area (Å²) in [6, 6.07) is 11.6. The van der Waals surface area contributed by atoms with Crippen molar-refractivity contribution >= 4 is 41.7 Å². The van der Waals surface area contributed by atoms with Gasteiger partial charge >= 0.3 is 0 Å². The highest BCUT2D eigenvalue weighted by Crippen LogP contribution is 2.20. The fourth-order valence-electron chi connectivity index (χ4n) is 1.95. The van der Waals surface area contributed by atoms with E-state index < -0.39 is 20.0 Å². The first-order valence-corrected chi connectivity index (χ1v) is 11.3. The van der Waals surface area contributed by atoms with Crippen molar-refractivity contribution in [3.05, 3.63) is 53.0 Å². The van der Waals surface area contributed by atoms with Gasteiger partial charge in [0, 0.05) is 16.2 Å². The van der Waals surface area contributed by atoms with E-state index in [2.05, 4.69) is 25.4 Å². The smallest absolute Gasteiger partial charge is 0.261 e. The van der Waals surface area contributed by atoms with Crippen molar-refractivity contribution in [3.8, 4) is 0 Å². The van der Waals surface area contributed by atoms with Crippen molar-refractivity contribution < 1.29 is 16.8 Å². The molecule has 0 aromatic heterocycles. The topological polar surface area (TPSA) is 92.3 Å². The van der Waals surface area contributed by atoms with E-state index in [-0.39, 0.29) is 21.5 Å². The second-order valence-electron chi connectivity index (χ2n) is 5.51. The molecular formula is C16H19BrN2O4S2. The summed E-state index contributed by atoms with van der Waals surface area (Å²) in [5, 5.41) is 0. The Hall–Kier alpha value is -1.42. The lowest BCUT2D eigenvalue weighted by molar-refractivity contribution is 0.556. The number of hydrogen-bond donors (Lipinski definition) is 2. The molecule has 0 aliphatic carbocycles. The SMILES string of the molecule is CC[C@@H](C)NS(=O)(=O)c1ccc(NS(=O)(=O)c2ccc(Br)cc2)cc1. The first-order chi connectivity index (χ1) is 11.6. The number of hydrogen-bond acceptors (Lipinski definition) is 4. The van der Waals surface area contributed by atoms with Crippen LogP contribution in [-0.2, 0) is 20.0 Å². The van der Waals surface area contributed by atoms with Crippen LogP contribution in [0.5, 0.6) is 0 Å². The molecule has 0 unspecified atom stereocenters. The highest BCUT2D eigenvalue weighted by Gasteiger charge is 2.18. The molecule has 0 saturated carbocycles. The van der Waals surface area contributed by atoms with Crippen LogP contribution in [0.2, 0.25) is 0 Å². The van der Waals surface area contributed by atoms with Gasteiger partial charge in [-0.05, 0) is 61.9 Å². The van der Waals surface area contributed by atoms with Crippen LogP contribution in [-0.4, -0.2) is 22.9 Å². The molecule has 0 amide bonds. The molecule has 0 spiro atoms. The molecule has 2 aromatic rings. The molecule has 9 heteroatoms. The fraction of sp³-hybridized carbons (Fsp3) is 0.250. The zero-order valence-electron chi connectivity index (χ0n) is 13.7. The normalized spacial score (nSPS) is 13.4. The lowest BCUT2D eigenvalue weighted by atomic mass is 10.3. The Labute approximate surface area is 156 Å². The molecule has 0 saturated heterocycles. The van der Waals surface area contributed by atoms with Gasteiger partial charge < -0.3 is 0 Å². The van der Waals surface area contributed by atoms with E-state index in [4.69, 9.17) is 0 Å². The predicted molar refractivity (Wildman–Crippen MR) is 101 cm³/mol. The summed E-state index contributed by atoms with van der Waals surface area (Å²) in [5.74, 6) is 0. The van der Waals surface area contributed by atoms with Gasteiger partial charge in [0.1, 0.15) is 0 Å². The van der Waals surface area contributed by atoms with E-state index in [0.29, 0.717) is 6.42 Å². The number of anilines is 1. The van der Waals surface area contributed by atoms with E-state index in [0.717, 1.165) is 4.47 Å². The highest BCUT2D eigenvalue weighted by molar-refractivity contribution is 9.10. The molecule has 1 atom stereocenters. The Morgan fingerprint density at radius 2 is 1.36 bits per heavy atom. The maximum atomic E-state index is 12.3. The van der Waals surface area contributed by atoms with Crippen LogP contribution >= 0.6 is 15.9 Å². The summed E-state index contributed by atoms with van der Waals surface area (Å²) in [6.07, 6.45) is 0.671. The Bertz CT molecular complexity index is 925. The summed E-state index contributed by atoms with van der Waals surface area (Å²) in [4.78, 5) is 0.199. The number of halogens is 1. The molecule has 0 radical (unpaired) electrons. The molecule has 2 N–H and O–H groups in total. The lowest BCUT2D eigenvalue weighted by Gasteiger charge is -2.13. The van der Waals surface area contributed by atoms with E-state index in [1.54, 1.807) is 19.1 Å². The quantitative estimate of drug-likeness (QED) is 0.681. The molecule has 0 heterocycles. The molecule has 0 fully saturated rings. The third-order valence-electron chi connectivity index (χ3n) is 3.51. The standard InChI is InChI=1S/C16H19BrN2O4S2/c1-3-12(2)18-24(20,21)16-10-6-14(7-11-16)19-25(22,23)15-8-4-13(17)5-9-15/h4-12,18-19H,3H2,1-2H3/t12-/m1/s1. The summed E-state index contributed by atoms with van der Waals surface area (Å²) in [7, 11) is -7.36. The van der Waals surface area contributed by atoms with Crippen LogP contribution in [0.15, 0.2) is 62.8 Å². The van der Waals surface area contributed by atoms with Gasteiger partial charge in [-0.25, -0.2) is 21.6 Å². The van der Waals surface area contributed by atoms with Crippen molar-refractivity contribution in [2.45, 2.75) is 36.1 Å². The van der Waals surface area contributed by atoms with Gasteiger partial charge in [-0.3, -0.25) is 4.72 Å². The van der Waals surface area contributed by atoms with Crippen LogP contribution in [0.3, 0.4) is 0 Å². The summed E-state index contributed by atoms with van der Waals surface area (Å²) >= 11 is 3.25. The van der Waals surface area contributed by atoms with Crippen molar-refractivity contribution in [2.75, 3.05) is 4.72 Å². The Morgan fingerprint density at radius 1 is 0.880 bits per heavy atom. The van der Waals surface area contributed by atoms with Crippen LogP contribution < -0.4 is 9.44 Å². The van der Waals surface area contributed by atoms with Crippen LogP contribution in [0.4, 0.5) is 5.69 Å². The summed E-state index contributed by atoms with van der Waals surface area (Å²) in [5.41, 5.74) is 0.283. The first kappa shape index (κ1) is 19.9. The van der Waals surface area contributed by atoms with E-state index in [1.165, 1.54) is 36.4 Å². The third-order valence-corrected chi connectivity index (χ3v) is 7.04. The molecule has 0 bridgehead atoms.